The number of ether oxygens (including phenoxy) is 1. The lowest BCUT2D eigenvalue weighted by Gasteiger charge is -2.25. The van der Waals surface area contributed by atoms with E-state index in [-0.39, 0.29) is 0 Å². The summed E-state index contributed by atoms with van der Waals surface area (Å²) in [6.07, 6.45) is 0.767. The summed E-state index contributed by atoms with van der Waals surface area (Å²) in [4.78, 5) is 2.14. The van der Waals surface area contributed by atoms with E-state index in [0.29, 0.717) is 6.54 Å². The van der Waals surface area contributed by atoms with Crippen molar-refractivity contribution in [3.05, 3.63) is 29.3 Å². The van der Waals surface area contributed by atoms with Crippen LogP contribution in [-0.2, 0) is 5.60 Å². The zero-order chi connectivity index (χ0) is 11.8. The lowest BCUT2D eigenvalue weighted by Crippen LogP contribution is -2.29. The maximum Gasteiger partial charge on any atom is 0.125 e. The largest absolute Gasteiger partial charge is 0.496 e. The lowest BCUT2D eigenvalue weighted by molar-refractivity contribution is 0.0463. The fraction of sp³-hybridized carbons (Fsp3) is 0.538. The van der Waals surface area contributed by atoms with Gasteiger partial charge in [-0.2, -0.15) is 0 Å². The molecule has 1 N–H and O–H groups in total. The molecule has 1 aliphatic heterocycles. The van der Waals surface area contributed by atoms with Gasteiger partial charge >= 0.3 is 0 Å². The van der Waals surface area contributed by atoms with Gasteiger partial charge in [0.05, 0.1) is 7.11 Å². The Kier molecular flexibility index (Phi) is 2.91. The number of benzene rings is 1. The molecule has 0 aromatic heterocycles. The number of β-amino-alcohol motifs (C(OH)–C–C–N with tert-alkyl or cyclic N) is 1. The molecule has 0 spiro atoms. The Morgan fingerprint density at radius 3 is 2.75 bits per heavy atom. The van der Waals surface area contributed by atoms with Crippen molar-refractivity contribution in [3.8, 4) is 5.75 Å². The van der Waals surface area contributed by atoms with Gasteiger partial charge in [-0.3, -0.25) is 0 Å². The van der Waals surface area contributed by atoms with Gasteiger partial charge in [0.15, 0.2) is 0 Å². The summed E-state index contributed by atoms with van der Waals surface area (Å²) in [5.74, 6) is 0.781. The van der Waals surface area contributed by atoms with E-state index in [4.69, 9.17) is 4.74 Å². The second-order valence-electron chi connectivity index (χ2n) is 4.72. The van der Waals surface area contributed by atoms with E-state index >= 15 is 0 Å². The van der Waals surface area contributed by atoms with E-state index in [1.54, 1.807) is 7.11 Å². The fourth-order valence-corrected chi connectivity index (χ4v) is 2.39. The molecule has 1 aromatic rings. The van der Waals surface area contributed by atoms with Crippen molar-refractivity contribution in [1.29, 1.82) is 0 Å². The van der Waals surface area contributed by atoms with Gasteiger partial charge in [0.2, 0.25) is 0 Å². The van der Waals surface area contributed by atoms with E-state index < -0.39 is 5.60 Å². The third-order valence-corrected chi connectivity index (χ3v) is 3.29. The molecule has 1 aliphatic rings. The van der Waals surface area contributed by atoms with Gasteiger partial charge in [0.25, 0.3) is 0 Å². The smallest absolute Gasteiger partial charge is 0.125 e. The Bertz CT molecular complexity index is 392. The third kappa shape index (κ3) is 1.93. The van der Waals surface area contributed by atoms with Gasteiger partial charge in [-0.15, -0.1) is 0 Å². The average molecular weight is 221 g/mol. The standard InChI is InChI=1S/C13H19NO2/c1-10-4-5-12(16-3)11(8-10)13(15)6-7-14(2)9-13/h4-5,8,15H,6-7,9H2,1-3H3. The fourth-order valence-electron chi connectivity index (χ4n) is 2.39. The van der Waals surface area contributed by atoms with Crippen LogP contribution in [0.2, 0.25) is 0 Å². The molecule has 1 fully saturated rings. The average Bonchev–Trinajstić information content (AvgIpc) is 2.60. The number of nitrogens with zero attached hydrogens (tertiary/aromatic N) is 1. The first-order valence-corrected chi connectivity index (χ1v) is 5.61. The third-order valence-electron chi connectivity index (χ3n) is 3.29. The van der Waals surface area contributed by atoms with Gasteiger partial charge in [0, 0.05) is 18.7 Å². The molecule has 3 nitrogen and oxygen atoms in total. The van der Waals surface area contributed by atoms with Crippen LogP contribution in [0, 0.1) is 6.92 Å². The molecule has 0 amide bonds. The number of likely N-dealkylation sites (N-methyl/N-ethyl adjacent to an activating group) is 1. The van der Waals surface area contributed by atoms with E-state index in [9.17, 15) is 5.11 Å². The van der Waals surface area contributed by atoms with Crippen LogP contribution in [0.15, 0.2) is 18.2 Å². The highest BCUT2D eigenvalue weighted by atomic mass is 16.5. The highest BCUT2D eigenvalue weighted by molar-refractivity contribution is 5.41. The van der Waals surface area contributed by atoms with Crippen LogP contribution in [0.4, 0.5) is 0 Å². The molecule has 1 heterocycles. The molecule has 0 aliphatic carbocycles. The Morgan fingerprint density at radius 1 is 1.44 bits per heavy atom. The maximum absolute atomic E-state index is 10.6. The van der Waals surface area contributed by atoms with Crippen molar-refractivity contribution >= 4 is 0 Å². The molecule has 1 saturated heterocycles. The summed E-state index contributed by atoms with van der Waals surface area (Å²) in [7, 11) is 3.68. The van der Waals surface area contributed by atoms with Crippen molar-refractivity contribution in [2.24, 2.45) is 0 Å². The van der Waals surface area contributed by atoms with Crippen molar-refractivity contribution < 1.29 is 9.84 Å². The molecule has 88 valence electrons. The molecule has 0 radical (unpaired) electrons. The van der Waals surface area contributed by atoms with E-state index in [0.717, 1.165) is 29.8 Å². The molecule has 0 saturated carbocycles. The maximum atomic E-state index is 10.6. The number of hydrogen-bond donors (Lipinski definition) is 1. The Balaban J connectivity index is 2.42. The van der Waals surface area contributed by atoms with Crippen molar-refractivity contribution in [3.63, 3.8) is 0 Å². The van der Waals surface area contributed by atoms with Crippen LogP contribution in [0.25, 0.3) is 0 Å². The first-order chi connectivity index (χ1) is 7.55. The van der Waals surface area contributed by atoms with Crippen molar-refractivity contribution in [2.45, 2.75) is 18.9 Å². The van der Waals surface area contributed by atoms with Crippen molar-refractivity contribution in [2.75, 3.05) is 27.2 Å². The van der Waals surface area contributed by atoms with Gasteiger partial charge in [0.1, 0.15) is 11.4 Å². The quantitative estimate of drug-likeness (QED) is 0.822. The summed E-state index contributed by atoms with van der Waals surface area (Å²) >= 11 is 0. The van der Waals surface area contributed by atoms with E-state index in [1.807, 2.05) is 32.2 Å². The minimum absolute atomic E-state index is 0.673. The van der Waals surface area contributed by atoms with Crippen LogP contribution in [-0.4, -0.2) is 37.3 Å². The van der Waals surface area contributed by atoms with Gasteiger partial charge in [-0.05, 0) is 32.5 Å². The Labute approximate surface area is 96.6 Å². The number of methoxy groups -OCH3 is 1. The molecule has 2 rings (SSSR count). The highest BCUT2D eigenvalue weighted by Crippen LogP contribution is 2.37. The molecule has 1 unspecified atom stereocenters. The second kappa shape index (κ2) is 4.07. The summed E-state index contributed by atoms with van der Waals surface area (Å²) in [5.41, 5.74) is 1.31. The normalized spacial score (nSPS) is 26.0. The molecular formula is C13H19NO2. The van der Waals surface area contributed by atoms with Gasteiger partial charge < -0.3 is 14.7 Å². The predicted molar refractivity (Wildman–Crippen MR) is 63.7 cm³/mol. The number of likely N-dealkylation sites (tertiary alicyclic amines) is 1. The molecule has 1 aromatic carbocycles. The second-order valence-corrected chi connectivity index (χ2v) is 4.72. The summed E-state index contributed by atoms with van der Waals surface area (Å²) < 4.78 is 5.33. The summed E-state index contributed by atoms with van der Waals surface area (Å²) in [6, 6.07) is 5.96. The lowest BCUT2D eigenvalue weighted by atomic mass is 9.91. The van der Waals surface area contributed by atoms with Crippen LogP contribution in [0.5, 0.6) is 5.75 Å². The van der Waals surface area contributed by atoms with Crippen LogP contribution >= 0.6 is 0 Å². The number of aliphatic hydroxyl groups is 1. The predicted octanol–water partition coefficient (Wildman–Crippen LogP) is 1.53. The first kappa shape index (κ1) is 11.4. The summed E-state index contributed by atoms with van der Waals surface area (Å²) in [6.45, 7) is 3.63. The number of hydrogen-bond acceptors (Lipinski definition) is 3. The number of rotatable bonds is 2. The highest BCUT2D eigenvalue weighted by Gasteiger charge is 2.38. The molecular weight excluding hydrogens is 202 g/mol. The zero-order valence-corrected chi connectivity index (χ0v) is 10.2. The minimum atomic E-state index is -0.758. The van der Waals surface area contributed by atoms with Crippen molar-refractivity contribution in [1.82, 2.24) is 4.90 Å². The Hall–Kier alpha value is -1.06. The monoisotopic (exact) mass is 221 g/mol. The topological polar surface area (TPSA) is 32.7 Å². The zero-order valence-electron chi connectivity index (χ0n) is 10.2. The van der Waals surface area contributed by atoms with Crippen LogP contribution in [0.1, 0.15) is 17.5 Å². The van der Waals surface area contributed by atoms with Crippen LogP contribution < -0.4 is 4.74 Å². The van der Waals surface area contributed by atoms with Gasteiger partial charge in [-0.1, -0.05) is 11.6 Å². The minimum Gasteiger partial charge on any atom is -0.496 e. The van der Waals surface area contributed by atoms with Gasteiger partial charge in [-0.25, -0.2) is 0 Å². The van der Waals surface area contributed by atoms with E-state index in [1.165, 1.54) is 0 Å². The van der Waals surface area contributed by atoms with Crippen LogP contribution in [0.3, 0.4) is 0 Å². The molecule has 3 heteroatoms. The SMILES string of the molecule is COc1ccc(C)cc1C1(O)CCN(C)C1. The molecule has 16 heavy (non-hydrogen) atoms. The number of aryl methyl sites for hydroxylation is 1. The summed E-state index contributed by atoms with van der Waals surface area (Å²) in [5, 5.41) is 10.6. The Morgan fingerprint density at radius 2 is 2.19 bits per heavy atom. The molecule has 0 bridgehead atoms. The molecule has 1 atom stereocenters. The first-order valence-electron chi connectivity index (χ1n) is 5.61. The van der Waals surface area contributed by atoms with E-state index in [2.05, 4.69) is 4.90 Å².